The third-order valence-electron chi connectivity index (χ3n) is 4.54. The van der Waals surface area contributed by atoms with Crippen LogP contribution in [0.5, 0.6) is 0 Å². The molecule has 1 aromatic carbocycles. The van der Waals surface area contributed by atoms with E-state index >= 15 is 0 Å². The summed E-state index contributed by atoms with van der Waals surface area (Å²) in [6.07, 6.45) is 3.03. The Balaban J connectivity index is 0.00000208. The van der Waals surface area contributed by atoms with Crippen molar-refractivity contribution in [2.45, 2.75) is 38.3 Å². The van der Waals surface area contributed by atoms with Crippen molar-refractivity contribution >= 4 is 30.0 Å². The van der Waals surface area contributed by atoms with Gasteiger partial charge in [0.1, 0.15) is 0 Å². The van der Waals surface area contributed by atoms with Crippen molar-refractivity contribution < 1.29 is 9.59 Å². The molecule has 4 N–H and O–H groups in total. The zero-order valence-corrected chi connectivity index (χ0v) is 14.6. The number of carbonyl (C=O) groups is 2. The van der Waals surface area contributed by atoms with Gasteiger partial charge in [0.05, 0.1) is 0 Å². The monoisotopic (exact) mass is 352 g/mol. The highest BCUT2D eigenvalue weighted by molar-refractivity contribution is 5.97. The van der Waals surface area contributed by atoms with Gasteiger partial charge in [-0.05, 0) is 56.8 Å². The second-order valence-corrected chi connectivity index (χ2v) is 6.60. The molecule has 2 aliphatic rings. The Bertz CT molecular complexity index is 606. The van der Waals surface area contributed by atoms with Gasteiger partial charge in [-0.1, -0.05) is 6.07 Å². The zero-order chi connectivity index (χ0) is 16.4. The van der Waals surface area contributed by atoms with Crippen molar-refractivity contribution in [1.82, 2.24) is 10.2 Å². The fourth-order valence-electron chi connectivity index (χ4n) is 3.07. The molecule has 3 rings (SSSR count). The van der Waals surface area contributed by atoms with Crippen LogP contribution < -0.4 is 16.4 Å². The summed E-state index contributed by atoms with van der Waals surface area (Å²) in [7, 11) is 0. The molecule has 1 aliphatic carbocycles. The van der Waals surface area contributed by atoms with Gasteiger partial charge in [-0.25, -0.2) is 4.79 Å². The maximum Gasteiger partial charge on any atom is 0.319 e. The van der Waals surface area contributed by atoms with Crippen LogP contribution in [0.4, 0.5) is 10.5 Å². The summed E-state index contributed by atoms with van der Waals surface area (Å²) in [5.74, 6) is 0.374. The molecule has 7 heteroatoms. The topological polar surface area (TPSA) is 87.5 Å². The quantitative estimate of drug-likeness (QED) is 0.776. The van der Waals surface area contributed by atoms with E-state index < -0.39 is 0 Å². The second kappa shape index (κ2) is 7.85. The van der Waals surface area contributed by atoms with Crippen LogP contribution in [-0.4, -0.2) is 42.0 Å². The molecule has 1 aliphatic heterocycles. The maximum absolute atomic E-state index is 12.7. The first-order chi connectivity index (χ1) is 11.1. The highest BCUT2D eigenvalue weighted by atomic mass is 35.5. The molecule has 2 atom stereocenters. The summed E-state index contributed by atoms with van der Waals surface area (Å²) in [6, 6.07) is 7.39. The molecule has 0 aromatic heterocycles. The lowest BCUT2D eigenvalue weighted by Crippen LogP contribution is -2.34. The van der Waals surface area contributed by atoms with Gasteiger partial charge in [-0.3, -0.25) is 4.79 Å². The van der Waals surface area contributed by atoms with E-state index in [1.165, 1.54) is 0 Å². The number of amides is 3. The predicted octanol–water partition coefficient (Wildman–Crippen LogP) is 2.20. The first kappa shape index (κ1) is 18.5. The van der Waals surface area contributed by atoms with E-state index in [2.05, 4.69) is 17.6 Å². The fourth-order valence-corrected chi connectivity index (χ4v) is 3.07. The van der Waals surface area contributed by atoms with Crippen molar-refractivity contribution in [2.24, 2.45) is 11.7 Å². The minimum Gasteiger partial charge on any atom is -0.336 e. The Labute approximate surface area is 148 Å². The summed E-state index contributed by atoms with van der Waals surface area (Å²) in [6.45, 7) is 3.37. The molecule has 2 unspecified atom stereocenters. The largest absolute Gasteiger partial charge is 0.336 e. The number of hydrogen-bond acceptors (Lipinski definition) is 3. The highest BCUT2D eigenvalue weighted by Gasteiger charge is 2.32. The van der Waals surface area contributed by atoms with Gasteiger partial charge in [-0.15, -0.1) is 12.4 Å². The van der Waals surface area contributed by atoms with Crippen LogP contribution in [0.3, 0.4) is 0 Å². The molecule has 24 heavy (non-hydrogen) atoms. The Morgan fingerprint density at radius 1 is 1.33 bits per heavy atom. The lowest BCUT2D eigenvalue weighted by Gasteiger charge is -2.22. The van der Waals surface area contributed by atoms with Crippen molar-refractivity contribution in [3.05, 3.63) is 29.8 Å². The summed E-state index contributed by atoms with van der Waals surface area (Å²) >= 11 is 0. The van der Waals surface area contributed by atoms with Gasteiger partial charge < -0.3 is 21.3 Å². The van der Waals surface area contributed by atoms with Gasteiger partial charge in [0.2, 0.25) is 0 Å². The summed E-state index contributed by atoms with van der Waals surface area (Å²) in [5, 5.41) is 5.66. The number of hydrogen-bond donors (Lipinski definition) is 3. The standard InChI is InChI=1S/C17H24N4O2.ClH/c1-11-7-12(9-18)10-21(11)16(22)13-3-2-4-15(8-13)20-17(23)19-14-5-6-14;/h2-4,8,11-12,14H,5-7,9-10,18H2,1H3,(H2,19,20,23);1H. The van der Waals surface area contributed by atoms with Crippen LogP contribution in [0.25, 0.3) is 0 Å². The molecule has 0 radical (unpaired) electrons. The molecule has 132 valence electrons. The summed E-state index contributed by atoms with van der Waals surface area (Å²) in [4.78, 5) is 26.4. The Hall–Kier alpha value is -1.79. The molecular weight excluding hydrogens is 328 g/mol. The molecular formula is C17H25ClN4O2. The SMILES string of the molecule is CC1CC(CN)CN1C(=O)c1cccc(NC(=O)NC2CC2)c1.Cl. The Morgan fingerprint density at radius 3 is 2.71 bits per heavy atom. The third-order valence-corrected chi connectivity index (χ3v) is 4.54. The average molecular weight is 353 g/mol. The van der Waals surface area contributed by atoms with Crippen LogP contribution in [0.2, 0.25) is 0 Å². The number of likely N-dealkylation sites (tertiary alicyclic amines) is 1. The minimum absolute atomic E-state index is 0. The number of carbonyl (C=O) groups excluding carboxylic acids is 2. The molecule has 1 saturated heterocycles. The molecule has 6 nitrogen and oxygen atoms in total. The number of rotatable bonds is 4. The van der Waals surface area contributed by atoms with Crippen LogP contribution in [0, 0.1) is 5.92 Å². The van der Waals surface area contributed by atoms with E-state index in [0.717, 1.165) is 19.3 Å². The predicted molar refractivity (Wildman–Crippen MR) is 96.5 cm³/mol. The van der Waals surface area contributed by atoms with Gasteiger partial charge in [0.15, 0.2) is 0 Å². The van der Waals surface area contributed by atoms with Crippen molar-refractivity contribution in [1.29, 1.82) is 0 Å². The maximum atomic E-state index is 12.7. The van der Waals surface area contributed by atoms with Crippen molar-refractivity contribution in [3.63, 3.8) is 0 Å². The van der Waals surface area contributed by atoms with E-state index in [1.807, 2.05) is 4.90 Å². The molecule has 2 fully saturated rings. The number of nitrogens with zero attached hydrogens (tertiary/aromatic N) is 1. The smallest absolute Gasteiger partial charge is 0.319 e. The first-order valence-corrected chi connectivity index (χ1v) is 8.25. The van der Waals surface area contributed by atoms with Gasteiger partial charge in [0, 0.05) is 29.9 Å². The number of nitrogens with two attached hydrogens (primary N) is 1. The van der Waals surface area contributed by atoms with Crippen LogP contribution >= 0.6 is 12.4 Å². The van der Waals surface area contributed by atoms with E-state index in [-0.39, 0.29) is 30.4 Å². The van der Waals surface area contributed by atoms with Gasteiger partial charge in [-0.2, -0.15) is 0 Å². The minimum atomic E-state index is -0.213. The molecule has 3 amide bonds. The lowest BCUT2D eigenvalue weighted by molar-refractivity contribution is 0.0743. The summed E-state index contributed by atoms with van der Waals surface area (Å²) in [5.41, 5.74) is 6.96. The number of urea groups is 1. The number of benzene rings is 1. The van der Waals surface area contributed by atoms with Crippen LogP contribution in [0.1, 0.15) is 36.5 Å². The van der Waals surface area contributed by atoms with Crippen molar-refractivity contribution in [2.75, 3.05) is 18.4 Å². The van der Waals surface area contributed by atoms with Crippen LogP contribution in [-0.2, 0) is 0 Å². The normalized spacial score (nSPS) is 22.7. The zero-order valence-electron chi connectivity index (χ0n) is 13.8. The second-order valence-electron chi connectivity index (χ2n) is 6.60. The van der Waals surface area contributed by atoms with E-state index in [9.17, 15) is 9.59 Å². The van der Waals surface area contributed by atoms with Crippen molar-refractivity contribution in [3.8, 4) is 0 Å². The molecule has 0 spiro atoms. The molecule has 0 bridgehead atoms. The lowest BCUT2D eigenvalue weighted by atomic mass is 10.1. The van der Waals surface area contributed by atoms with E-state index in [1.54, 1.807) is 24.3 Å². The van der Waals surface area contributed by atoms with Gasteiger partial charge >= 0.3 is 6.03 Å². The number of nitrogens with one attached hydrogen (secondary N) is 2. The van der Waals surface area contributed by atoms with E-state index in [0.29, 0.717) is 36.3 Å². The molecule has 1 saturated carbocycles. The highest BCUT2D eigenvalue weighted by Crippen LogP contribution is 2.25. The van der Waals surface area contributed by atoms with E-state index in [4.69, 9.17) is 5.73 Å². The molecule has 1 heterocycles. The average Bonchev–Trinajstić information content (AvgIpc) is 3.26. The third kappa shape index (κ3) is 4.39. The van der Waals surface area contributed by atoms with Crippen LogP contribution in [0.15, 0.2) is 24.3 Å². The Morgan fingerprint density at radius 2 is 2.08 bits per heavy atom. The molecule has 1 aromatic rings. The summed E-state index contributed by atoms with van der Waals surface area (Å²) < 4.78 is 0. The Kier molecular flexibility index (Phi) is 6.07. The first-order valence-electron chi connectivity index (χ1n) is 8.25. The number of halogens is 1. The number of anilines is 1. The van der Waals surface area contributed by atoms with Gasteiger partial charge in [0.25, 0.3) is 5.91 Å². The fraction of sp³-hybridized carbons (Fsp3) is 0.529.